The van der Waals surface area contributed by atoms with Gasteiger partial charge in [0, 0.05) is 39.0 Å². The van der Waals surface area contributed by atoms with Gasteiger partial charge in [-0.3, -0.25) is 9.59 Å². The third-order valence-electron chi connectivity index (χ3n) is 3.17. The first-order valence-electron chi connectivity index (χ1n) is 6.57. The van der Waals surface area contributed by atoms with Gasteiger partial charge in [0.1, 0.15) is 0 Å². The summed E-state index contributed by atoms with van der Waals surface area (Å²) in [4.78, 5) is 27.1. The molecule has 1 atom stereocenters. The maximum absolute atomic E-state index is 11.9. The summed E-state index contributed by atoms with van der Waals surface area (Å²) < 4.78 is 0. The van der Waals surface area contributed by atoms with E-state index in [1.54, 1.807) is 16.7 Å². The van der Waals surface area contributed by atoms with Crippen molar-refractivity contribution in [2.75, 3.05) is 32.4 Å². The largest absolute Gasteiger partial charge is 0.345 e. The molecule has 0 aromatic carbocycles. The Balaban J connectivity index is 2.34. The van der Waals surface area contributed by atoms with Crippen LogP contribution >= 0.6 is 11.8 Å². The number of hydrogen-bond acceptors (Lipinski definition) is 3. The van der Waals surface area contributed by atoms with Crippen molar-refractivity contribution in [2.45, 2.75) is 32.4 Å². The first kappa shape index (κ1) is 15.3. The Morgan fingerprint density at radius 2 is 2.22 bits per heavy atom. The summed E-state index contributed by atoms with van der Waals surface area (Å²) in [7, 11) is 1.84. The Kier molecular flexibility index (Phi) is 5.99. The molecule has 0 bridgehead atoms. The molecule has 2 amide bonds. The van der Waals surface area contributed by atoms with Crippen LogP contribution in [0.4, 0.5) is 0 Å². The molecule has 1 aliphatic rings. The third kappa shape index (κ3) is 4.52. The molecule has 4 nitrogen and oxygen atoms in total. The summed E-state index contributed by atoms with van der Waals surface area (Å²) in [5, 5.41) is 0.478. The van der Waals surface area contributed by atoms with E-state index in [-0.39, 0.29) is 11.8 Å². The number of carbonyl (C=O) groups excluding carboxylic acids is 2. The highest BCUT2D eigenvalue weighted by Crippen LogP contribution is 2.18. The predicted octanol–water partition coefficient (Wildman–Crippen LogP) is 1.45. The highest BCUT2D eigenvalue weighted by Gasteiger charge is 2.29. The molecule has 5 heteroatoms. The van der Waals surface area contributed by atoms with Crippen LogP contribution in [0.15, 0.2) is 0 Å². The molecule has 18 heavy (non-hydrogen) atoms. The van der Waals surface area contributed by atoms with Crippen molar-refractivity contribution in [1.29, 1.82) is 0 Å². The molecule has 1 heterocycles. The van der Waals surface area contributed by atoms with Crippen LogP contribution in [0, 0.1) is 5.92 Å². The van der Waals surface area contributed by atoms with Crippen molar-refractivity contribution >= 4 is 23.6 Å². The van der Waals surface area contributed by atoms with E-state index < -0.39 is 0 Å². The van der Waals surface area contributed by atoms with E-state index in [1.165, 1.54) is 0 Å². The average Bonchev–Trinajstić information content (AvgIpc) is 2.66. The first-order valence-corrected chi connectivity index (χ1v) is 7.62. The number of hydrogen-bond donors (Lipinski definition) is 0. The van der Waals surface area contributed by atoms with Crippen molar-refractivity contribution in [1.82, 2.24) is 9.80 Å². The molecule has 0 N–H and O–H groups in total. The lowest BCUT2D eigenvalue weighted by Crippen LogP contribution is -2.34. The van der Waals surface area contributed by atoms with Gasteiger partial charge in [-0.15, -0.1) is 11.8 Å². The van der Waals surface area contributed by atoms with Gasteiger partial charge in [0.15, 0.2) is 0 Å². The summed E-state index contributed by atoms with van der Waals surface area (Å²) in [6, 6.07) is 0. The van der Waals surface area contributed by atoms with Gasteiger partial charge in [0.25, 0.3) is 0 Å². The van der Waals surface area contributed by atoms with Gasteiger partial charge in [-0.1, -0.05) is 13.8 Å². The molecule has 0 aliphatic carbocycles. The van der Waals surface area contributed by atoms with E-state index in [4.69, 9.17) is 0 Å². The van der Waals surface area contributed by atoms with Crippen LogP contribution in [0.25, 0.3) is 0 Å². The van der Waals surface area contributed by atoms with E-state index in [1.807, 2.05) is 18.9 Å². The van der Waals surface area contributed by atoms with Gasteiger partial charge < -0.3 is 9.80 Å². The minimum absolute atomic E-state index is 0.163. The molecule has 0 saturated carbocycles. The van der Waals surface area contributed by atoms with Gasteiger partial charge >= 0.3 is 0 Å². The molecule has 1 rings (SSSR count). The number of nitrogens with zero attached hydrogens (tertiary/aromatic N) is 2. The standard InChI is InChI=1S/C13H24N2O2S/c1-5-15-8-11(6-12(15)16)7-14(4)13(17)9-18-10(2)3/h10-11H,5-9H2,1-4H3. The van der Waals surface area contributed by atoms with Crippen LogP contribution < -0.4 is 0 Å². The normalized spacial score (nSPS) is 19.7. The van der Waals surface area contributed by atoms with E-state index >= 15 is 0 Å². The lowest BCUT2D eigenvalue weighted by molar-refractivity contribution is -0.129. The lowest BCUT2D eigenvalue weighted by Gasteiger charge is -2.21. The Morgan fingerprint density at radius 3 is 2.72 bits per heavy atom. The minimum Gasteiger partial charge on any atom is -0.345 e. The summed E-state index contributed by atoms with van der Waals surface area (Å²) >= 11 is 1.66. The smallest absolute Gasteiger partial charge is 0.232 e. The van der Waals surface area contributed by atoms with Gasteiger partial charge in [-0.25, -0.2) is 0 Å². The predicted molar refractivity (Wildman–Crippen MR) is 75.6 cm³/mol. The summed E-state index contributed by atoms with van der Waals surface area (Å²) in [5.74, 6) is 1.22. The summed E-state index contributed by atoms with van der Waals surface area (Å²) in [6.07, 6.45) is 0.586. The van der Waals surface area contributed by atoms with E-state index in [0.717, 1.165) is 13.1 Å². The number of amides is 2. The van der Waals surface area contributed by atoms with Crippen LogP contribution in [0.5, 0.6) is 0 Å². The Labute approximate surface area is 114 Å². The Morgan fingerprint density at radius 1 is 1.56 bits per heavy atom. The maximum Gasteiger partial charge on any atom is 0.232 e. The molecule has 0 radical (unpaired) electrons. The SMILES string of the molecule is CCN1CC(CN(C)C(=O)CSC(C)C)CC1=O. The van der Waals surface area contributed by atoms with E-state index in [0.29, 0.717) is 29.9 Å². The number of carbonyl (C=O) groups is 2. The Hall–Kier alpha value is -0.710. The van der Waals surface area contributed by atoms with E-state index in [2.05, 4.69) is 13.8 Å². The zero-order valence-corrected chi connectivity index (χ0v) is 12.6. The molecule has 1 unspecified atom stereocenters. The lowest BCUT2D eigenvalue weighted by atomic mass is 10.1. The zero-order valence-electron chi connectivity index (χ0n) is 11.8. The van der Waals surface area contributed by atoms with Crippen LogP contribution in [0.3, 0.4) is 0 Å². The van der Waals surface area contributed by atoms with Crippen molar-refractivity contribution in [3.05, 3.63) is 0 Å². The van der Waals surface area contributed by atoms with Crippen LogP contribution in [0.1, 0.15) is 27.2 Å². The molecule has 104 valence electrons. The Bertz CT molecular complexity index is 307. The van der Waals surface area contributed by atoms with Gasteiger partial charge in [0.2, 0.25) is 11.8 Å². The number of thioether (sulfide) groups is 1. The summed E-state index contributed by atoms with van der Waals surface area (Å²) in [6.45, 7) is 8.44. The summed E-state index contributed by atoms with van der Waals surface area (Å²) in [5.41, 5.74) is 0. The van der Waals surface area contributed by atoms with Crippen LogP contribution in [0.2, 0.25) is 0 Å². The second-order valence-electron chi connectivity index (χ2n) is 5.14. The molecule has 1 aliphatic heterocycles. The molecule has 0 spiro atoms. The zero-order chi connectivity index (χ0) is 13.7. The first-order chi connectivity index (χ1) is 8.43. The molecule has 1 fully saturated rings. The second kappa shape index (κ2) is 7.02. The molecular weight excluding hydrogens is 248 g/mol. The average molecular weight is 272 g/mol. The van der Waals surface area contributed by atoms with Crippen molar-refractivity contribution in [3.63, 3.8) is 0 Å². The van der Waals surface area contributed by atoms with Crippen LogP contribution in [-0.2, 0) is 9.59 Å². The fourth-order valence-corrected chi connectivity index (χ4v) is 2.82. The molecule has 1 saturated heterocycles. The topological polar surface area (TPSA) is 40.6 Å². The fraction of sp³-hybridized carbons (Fsp3) is 0.846. The minimum atomic E-state index is 0.163. The number of rotatable bonds is 6. The highest BCUT2D eigenvalue weighted by atomic mass is 32.2. The quantitative estimate of drug-likeness (QED) is 0.735. The molecular formula is C13H24N2O2S. The maximum atomic E-state index is 11.9. The highest BCUT2D eigenvalue weighted by molar-refractivity contribution is 8.00. The van der Waals surface area contributed by atoms with Gasteiger partial charge in [0.05, 0.1) is 5.75 Å². The monoisotopic (exact) mass is 272 g/mol. The van der Waals surface area contributed by atoms with Crippen molar-refractivity contribution in [3.8, 4) is 0 Å². The van der Waals surface area contributed by atoms with Crippen molar-refractivity contribution < 1.29 is 9.59 Å². The molecule has 0 aromatic heterocycles. The number of likely N-dealkylation sites (tertiary alicyclic amines) is 1. The van der Waals surface area contributed by atoms with Crippen LogP contribution in [-0.4, -0.2) is 59.3 Å². The van der Waals surface area contributed by atoms with E-state index in [9.17, 15) is 9.59 Å². The van der Waals surface area contributed by atoms with Crippen molar-refractivity contribution in [2.24, 2.45) is 5.92 Å². The second-order valence-corrected chi connectivity index (χ2v) is 6.70. The fourth-order valence-electron chi connectivity index (χ4n) is 2.12. The third-order valence-corrected chi connectivity index (χ3v) is 4.25. The van der Waals surface area contributed by atoms with Gasteiger partial charge in [-0.2, -0.15) is 0 Å². The molecule has 0 aromatic rings. The van der Waals surface area contributed by atoms with Gasteiger partial charge in [-0.05, 0) is 12.2 Å².